The fraction of sp³-hybridized carbons (Fsp3) is 0.414. The Kier molecular flexibility index (Phi) is 6.58. The van der Waals surface area contributed by atoms with E-state index in [1.807, 2.05) is 31.2 Å². The Hall–Kier alpha value is -2.98. The average Bonchev–Trinajstić information content (AvgIpc) is 3.71. The number of nitrogens with one attached hydrogen (secondary N) is 1. The number of aromatic nitrogens is 2. The highest BCUT2D eigenvalue weighted by Gasteiger charge is 2.63. The van der Waals surface area contributed by atoms with Crippen molar-refractivity contribution in [3.05, 3.63) is 94.0 Å². The number of anilines is 1. The summed E-state index contributed by atoms with van der Waals surface area (Å²) in [6.07, 6.45) is 2.17. The van der Waals surface area contributed by atoms with Crippen molar-refractivity contribution in [2.24, 2.45) is 0 Å². The zero-order valence-electron chi connectivity index (χ0n) is 22.3. The van der Waals surface area contributed by atoms with Gasteiger partial charge in [0.1, 0.15) is 29.7 Å². The van der Waals surface area contributed by atoms with E-state index in [1.165, 1.54) is 4.57 Å². The number of aryl methyl sites for hydroxylation is 1. The molecule has 1 amide bonds. The molecular weight excluding hydrogens is 531 g/mol. The Morgan fingerprint density at radius 1 is 1.15 bits per heavy atom. The maximum atomic E-state index is 13.2. The van der Waals surface area contributed by atoms with Crippen molar-refractivity contribution in [2.45, 2.75) is 62.9 Å². The highest BCUT2D eigenvalue weighted by atomic mass is 31.2. The second kappa shape index (κ2) is 10.1. The predicted octanol–water partition coefficient (Wildman–Crippen LogP) is 4.34. The van der Waals surface area contributed by atoms with Crippen molar-refractivity contribution in [3.63, 3.8) is 0 Å². The van der Waals surface area contributed by atoms with Crippen LogP contribution in [0.15, 0.2) is 71.7 Å². The maximum Gasteiger partial charge on any atom is 0.351 e. The molecule has 4 aliphatic heterocycles. The molecule has 4 aliphatic rings. The van der Waals surface area contributed by atoms with Gasteiger partial charge < -0.3 is 23.8 Å². The van der Waals surface area contributed by atoms with Crippen LogP contribution in [0.3, 0.4) is 0 Å². The summed E-state index contributed by atoms with van der Waals surface area (Å²) in [5.74, 6) is -0.116. The summed E-state index contributed by atoms with van der Waals surface area (Å²) < 4.78 is 29.6. The molecule has 1 N–H and O–H groups in total. The van der Waals surface area contributed by atoms with E-state index in [-0.39, 0.29) is 23.9 Å². The minimum Gasteiger partial charge on any atom is -0.368 e. The largest absolute Gasteiger partial charge is 0.368 e. The Balaban J connectivity index is 1.10. The standard InChI is InChI=1S/C29H31N4O6P/c1-18-16-32(28(35)31-25(18)30-26(34)20-12-7-4-8-13-20)27-23-24(29(2,37-27)17-36-23)39-40-33-15-9-14-21(33)22(38-40)19-10-5-3-6-11-19/h3-8,10-13,16,21-24,27H,9,14-15,17H2,1-2H3,(H,30,31,34,35)/t21-,22+,23+,24?,27-,29-,40+/m1/s1. The van der Waals surface area contributed by atoms with Gasteiger partial charge in [-0.15, -0.1) is 0 Å². The molecule has 4 fully saturated rings. The lowest BCUT2D eigenvalue weighted by Gasteiger charge is -2.29. The van der Waals surface area contributed by atoms with Crippen LogP contribution in [0, 0.1) is 6.92 Å². The summed E-state index contributed by atoms with van der Waals surface area (Å²) in [4.78, 5) is 30.0. The first kappa shape index (κ1) is 26.0. The number of amides is 1. The van der Waals surface area contributed by atoms with Gasteiger partial charge in [-0.1, -0.05) is 48.5 Å². The Morgan fingerprint density at radius 3 is 2.67 bits per heavy atom. The fourth-order valence-electron chi connectivity index (χ4n) is 6.11. The smallest absolute Gasteiger partial charge is 0.351 e. The van der Waals surface area contributed by atoms with Crippen LogP contribution in [0.2, 0.25) is 0 Å². The van der Waals surface area contributed by atoms with Gasteiger partial charge in [-0.05, 0) is 44.4 Å². The minimum atomic E-state index is -1.32. The van der Waals surface area contributed by atoms with E-state index in [9.17, 15) is 9.59 Å². The van der Waals surface area contributed by atoms with E-state index >= 15 is 0 Å². The Labute approximate surface area is 233 Å². The van der Waals surface area contributed by atoms with Crippen LogP contribution < -0.4 is 11.0 Å². The van der Waals surface area contributed by atoms with E-state index in [0.29, 0.717) is 17.7 Å². The van der Waals surface area contributed by atoms with E-state index < -0.39 is 38.3 Å². The third-order valence-electron chi connectivity index (χ3n) is 8.18. The van der Waals surface area contributed by atoms with Gasteiger partial charge in [-0.2, -0.15) is 4.98 Å². The quantitative estimate of drug-likeness (QED) is 0.443. The van der Waals surface area contributed by atoms with Gasteiger partial charge in [0.2, 0.25) is 0 Å². The topological polar surface area (TPSA) is 104 Å². The number of ether oxygens (including phenoxy) is 2. The van der Waals surface area contributed by atoms with Gasteiger partial charge in [0.15, 0.2) is 6.23 Å². The number of carbonyl (C=O) groups excluding carboxylic acids is 1. The van der Waals surface area contributed by atoms with Crippen LogP contribution in [0.5, 0.6) is 0 Å². The van der Waals surface area contributed by atoms with Crippen LogP contribution in [-0.2, 0) is 18.5 Å². The van der Waals surface area contributed by atoms with Crippen LogP contribution in [0.25, 0.3) is 0 Å². The summed E-state index contributed by atoms with van der Waals surface area (Å²) in [6, 6.07) is 19.4. The molecule has 10 nitrogen and oxygen atoms in total. The zero-order valence-corrected chi connectivity index (χ0v) is 23.2. The predicted molar refractivity (Wildman–Crippen MR) is 148 cm³/mol. The molecule has 11 heteroatoms. The number of rotatable bonds is 6. The fourth-order valence-corrected chi connectivity index (χ4v) is 8.18. The van der Waals surface area contributed by atoms with Gasteiger partial charge in [-0.25, -0.2) is 9.46 Å². The van der Waals surface area contributed by atoms with Crippen molar-refractivity contribution in [2.75, 3.05) is 18.5 Å². The second-order valence-corrected chi connectivity index (χ2v) is 12.4. The summed E-state index contributed by atoms with van der Waals surface area (Å²) >= 11 is 0. The van der Waals surface area contributed by atoms with Gasteiger partial charge in [0, 0.05) is 29.9 Å². The van der Waals surface area contributed by atoms with Gasteiger partial charge in [0.05, 0.1) is 6.61 Å². The molecule has 2 aromatic carbocycles. The van der Waals surface area contributed by atoms with E-state index in [2.05, 4.69) is 27.1 Å². The third-order valence-corrected chi connectivity index (χ3v) is 9.91. The zero-order chi connectivity index (χ0) is 27.4. The second-order valence-electron chi connectivity index (χ2n) is 11.0. The Morgan fingerprint density at radius 2 is 1.90 bits per heavy atom. The monoisotopic (exact) mass is 562 g/mol. The highest BCUT2D eigenvalue weighted by Crippen LogP contribution is 2.63. The van der Waals surface area contributed by atoms with Crippen LogP contribution in [0.4, 0.5) is 5.82 Å². The molecule has 0 spiro atoms. The lowest BCUT2D eigenvalue weighted by atomic mass is 10.0. The molecule has 208 valence electrons. The van der Waals surface area contributed by atoms with Crippen molar-refractivity contribution in [1.82, 2.24) is 14.2 Å². The molecule has 40 heavy (non-hydrogen) atoms. The Bertz CT molecular complexity index is 1470. The van der Waals surface area contributed by atoms with Crippen molar-refractivity contribution in [1.29, 1.82) is 0 Å². The van der Waals surface area contributed by atoms with E-state index in [0.717, 1.165) is 24.9 Å². The molecule has 5 heterocycles. The first-order valence-electron chi connectivity index (χ1n) is 13.6. The van der Waals surface area contributed by atoms with Crippen LogP contribution in [-0.4, -0.2) is 57.1 Å². The van der Waals surface area contributed by atoms with Gasteiger partial charge >= 0.3 is 5.69 Å². The lowest BCUT2D eigenvalue weighted by Crippen LogP contribution is -2.39. The number of hydrogen-bond donors (Lipinski definition) is 1. The molecule has 0 radical (unpaired) electrons. The average molecular weight is 563 g/mol. The normalized spacial score (nSPS) is 32.9. The van der Waals surface area contributed by atoms with Crippen molar-refractivity contribution in [3.8, 4) is 0 Å². The van der Waals surface area contributed by atoms with Crippen LogP contribution in [0.1, 0.15) is 53.6 Å². The summed E-state index contributed by atoms with van der Waals surface area (Å²) in [6.45, 7) is 5.04. The van der Waals surface area contributed by atoms with E-state index in [4.69, 9.17) is 18.5 Å². The maximum absolute atomic E-state index is 13.2. The molecule has 1 unspecified atom stereocenters. The summed E-state index contributed by atoms with van der Waals surface area (Å²) in [5.41, 5.74) is 0.994. The number of hydrogen-bond acceptors (Lipinski definition) is 8. The first-order chi connectivity index (χ1) is 19.4. The van der Waals surface area contributed by atoms with E-state index in [1.54, 1.807) is 37.4 Å². The molecule has 7 atom stereocenters. The van der Waals surface area contributed by atoms with Gasteiger partial charge in [0.25, 0.3) is 14.4 Å². The number of benzene rings is 2. The minimum absolute atomic E-state index is 0.0348. The third kappa shape index (κ3) is 4.40. The summed E-state index contributed by atoms with van der Waals surface area (Å²) in [5, 5.41) is 2.74. The molecule has 0 aliphatic carbocycles. The van der Waals surface area contributed by atoms with Gasteiger partial charge in [-0.3, -0.25) is 9.36 Å². The number of fused-ring (bicyclic) bond motifs is 3. The highest BCUT2D eigenvalue weighted by molar-refractivity contribution is 7.45. The first-order valence-corrected chi connectivity index (χ1v) is 14.8. The lowest BCUT2D eigenvalue weighted by molar-refractivity contribution is -0.167. The molecule has 4 saturated heterocycles. The molecule has 7 rings (SSSR count). The molecule has 3 aromatic rings. The number of carbonyl (C=O) groups is 1. The van der Waals surface area contributed by atoms with Crippen LogP contribution >= 0.6 is 8.53 Å². The van der Waals surface area contributed by atoms with Crippen molar-refractivity contribution < 1.29 is 23.3 Å². The molecule has 2 bridgehead atoms. The SMILES string of the molecule is Cc1cn([C@@H]2O[C@]3(C)CO[C@H]2C3O[P@]2O[C@@H](c3ccccc3)[C@H]3CCCN32)c(=O)nc1NC(=O)c1ccccc1. The number of nitrogens with zero attached hydrogens (tertiary/aromatic N) is 3. The molecule has 0 saturated carbocycles. The molecule has 1 aromatic heterocycles. The van der Waals surface area contributed by atoms with Crippen molar-refractivity contribution >= 4 is 20.3 Å². The summed E-state index contributed by atoms with van der Waals surface area (Å²) in [7, 11) is -1.32. The molecular formula is C29H31N4O6P.